The second-order valence-electron chi connectivity index (χ2n) is 5.98. The molecule has 0 spiro atoms. The van der Waals surface area contributed by atoms with Crippen LogP contribution in [0.1, 0.15) is 33.3 Å². The van der Waals surface area contributed by atoms with Crippen molar-refractivity contribution in [1.29, 1.82) is 0 Å². The van der Waals surface area contributed by atoms with E-state index in [-0.39, 0.29) is 11.2 Å². The van der Waals surface area contributed by atoms with Crippen molar-refractivity contribution in [3.8, 4) is 0 Å². The van der Waals surface area contributed by atoms with Gasteiger partial charge in [-0.15, -0.1) is 0 Å². The smallest absolute Gasteiger partial charge is 0.146 e. The van der Waals surface area contributed by atoms with E-state index in [1.54, 1.807) is 6.07 Å². The number of rotatable bonds is 5. The third kappa shape index (κ3) is 4.65. The Hall–Kier alpha value is -1.09. The summed E-state index contributed by atoms with van der Waals surface area (Å²) >= 11 is 0. The van der Waals surface area contributed by atoms with Crippen molar-refractivity contribution in [3.05, 3.63) is 29.6 Å². The van der Waals surface area contributed by atoms with Gasteiger partial charge in [0.2, 0.25) is 0 Å². The first kappa shape index (κ1) is 15.0. The number of halogens is 1. The van der Waals surface area contributed by atoms with E-state index in [4.69, 9.17) is 0 Å². The molecule has 0 atom stereocenters. The summed E-state index contributed by atoms with van der Waals surface area (Å²) in [6.45, 7) is 10.9. The molecule has 1 aromatic carbocycles. The van der Waals surface area contributed by atoms with Gasteiger partial charge in [-0.25, -0.2) is 4.39 Å². The maximum Gasteiger partial charge on any atom is 0.146 e. The predicted octanol–water partition coefficient (Wildman–Crippen LogP) is 3.42. The minimum absolute atomic E-state index is 0.142. The summed E-state index contributed by atoms with van der Waals surface area (Å²) in [5.41, 5.74) is 1.82. The molecule has 102 valence electrons. The summed E-state index contributed by atoms with van der Waals surface area (Å²) in [5.74, 6) is -0.142. The van der Waals surface area contributed by atoms with E-state index >= 15 is 0 Å². The molecule has 1 aromatic rings. The fourth-order valence-corrected chi connectivity index (χ4v) is 2.04. The normalized spacial score (nSPS) is 11.7. The SMILES string of the molecule is CCNCc1ccc(N(C)CC(C)(C)C)c(F)c1. The number of hydrogen-bond acceptors (Lipinski definition) is 2. The van der Waals surface area contributed by atoms with Gasteiger partial charge in [-0.3, -0.25) is 0 Å². The topological polar surface area (TPSA) is 15.3 Å². The van der Waals surface area contributed by atoms with Crippen LogP contribution < -0.4 is 10.2 Å². The molecular formula is C15H25FN2. The lowest BCUT2D eigenvalue weighted by Gasteiger charge is -2.28. The molecule has 0 aromatic heterocycles. The predicted molar refractivity (Wildman–Crippen MR) is 76.5 cm³/mol. The van der Waals surface area contributed by atoms with Crippen molar-refractivity contribution < 1.29 is 4.39 Å². The van der Waals surface area contributed by atoms with Crippen LogP contribution >= 0.6 is 0 Å². The van der Waals surface area contributed by atoms with Crippen molar-refractivity contribution in [1.82, 2.24) is 5.32 Å². The van der Waals surface area contributed by atoms with E-state index in [0.29, 0.717) is 5.69 Å². The van der Waals surface area contributed by atoms with Crippen molar-refractivity contribution in [2.45, 2.75) is 34.2 Å². The number of nitrogens with one attached hydrogen (secondary N) is 1. The minimum Gasteiger partial charge on any atom is -0.372 e. The molecule has 0 saturated carbocycles. The summed E-state index contributed by atoms with van der Waals surface area (Å²) in [6.07, 6.45) is 0. The molecule has 0 saturated heterocycles. The highest BCUT2D eigenvalue weighted by Gasteiger charge is 2.16. The van der Waals surface area contributed by atoms with Gasteiger partial charge >= 0.3 is 0 Å². The zero-order valence-corrected chi connectivity index (χ0v) is 12.2. The van der Waals surface area contributed by atoms with E-state index in [9.17, 15) is 4.39 Å². The van der Waals surface area contributed by atoms with Crippen LogP contribution in [0.3, 0.4) is 0 Å². The lowest BCUT2D eigenvalue weighted by atomic mass is 9.96. The number of benzene rings is 1. The summed E-state index contributed by atoms with van der Waals surface area (Å²) in [5, 5.41) is 3.20. The third-order valence-corrected chi connectivity index (χ3v) is 2.71. The molecule has 0 fully saturated rings. The largest absolute Gasteiger partial charge is 0.372 e. The Bertz CT molecular complexity index is 383. The minimum atomic E-state index is -0.142. The first-order valence-corrected chi connectivity index (χ1v) is 6.54. The van der Waals surface area contributed by atoms with E-state index < -0.39 is 0 Å². The van der Waals surface area contributed by atoms with Crippen molar-refractivity contribution in [2.24, 2.45) is 5.41 Å². The third-order valence-electron chi connectivity index (χ3n) is 2.71. The molecule has 18 heavy (non-hydrogen) atoms. The van der Waals surface area contributed by atoms with Gasteiger partial charge < -0.3 is 10.2 Å². The number of hydrogen-bond donors (Lipinski definition) is 1. The van der Waals surface area contributed by atoms with E-state index in [0.717, 1.165) is 25.2 Å². The fourth-order valence-electron chi connectivity index (χ4n) is 2.04. The average molecular weight is 252 g/mol. The molecule has 2 nitrogen and oxygen atoms in total. The second kappa shape index (κ2) is 6.19. The molecule has 0 aliphatic heterocycles. The quantitative estimate of drug-likeness (QED) is 0.864. The molecule has 0 unspecified atom stereocenters. The van der Waals surface area contributed by atoms with E-state index in [1.165, 1.54) is 0 Å². The van der Waals surface area contributed by atoms with Gasteiger partial charge in [0.15, 0.2) is 0 Å². The van der Waals surface area contributed by atoms with Gasteiger partial charge in [0.1, 0.15) is 5.82 Å². The molecular weight excluding hydrogens is 227 g/mol. The Morgan fingerprint density at radius 1 is 1.28 bits per heavy atom. The lowest BCUT2D eigenvalue weighted by Crippen LogP contribution is -2.29. The Morgan fingerprint density at radius 2 is 1.94 bits per heavy atom. The second-order valence-corrected chi connectivity index (χ2v) is 5.98. The standard InChI is InChI=1S/C15H25FN2/c1-6-17-10-12-7-8-14(13(16)9-12)18(5)11-15(2,3)4/h7-9,17H,6,10-11H2,1-5H3. The zero-order valence-electron chi connectivity index (χ0n) is 12.2. The van der Waals surface area contributed by atoms with Crippen LogP contribution in [0.2, 0.25) is 0 Å². The molecule has 0 bridgehead atoms. The van der Waals surface area contributed by atoms with Crippen LogP contribution in [-0.4, -0.2) is 20.1 Å². The van der Waals surface area contributed by atoms with Crippen molar-refractivity contribution >= 4 is 5.69 Å². The average Bonchev–Trinajstić information content (AvgIpc) is 2.23. The van der Waals surface area contributed by atoms with Crippen LogP contribution in [0, 0.1) is 11.2 Å². The number of nitrogens with zero attached hydrogens (tertiary/aromatic N) is 1. The number of anilines is 1. The first-order valence-electron chi connectivity index (χ1n) is 6.54. The molecule has 0 aliphatic carbocycles. The van der Waals surface area contributed by atoms with Crippen LogP contribution in [0.25, 0.3) is 0 Å². The molecule has 0 heterocycles. The highest BCUT2D eigenvalue weighted by atomic mass is 19.1. The van der Waals surface area contributed by atoms with Gasteiger partial charge in [-0.05, 0) is 29.7 Å². The van der Waals surface area contributed by atoms with Gasteiger partial charge in [0.05, 0.1) is 5.69 Å². The maximum atomic E-state index is 14.0. The Balaban J connectivity index is 2.78. The monoisotopic (exact) mass is 252 g/mol. The Labute approximate surface area is 110 Å². The van der Waals surface area contributed by atoms with Crippen LogP contribution in [0.5, 0.6) is 0 Å². The summed E-state index contributed by atoms with van der Waals surface area (Å²) in [6, 6.07) is 5.48. The molecule has 3 heteroatoms. The molecule has 1 rings (SSSR count). The molecule has 1 N–H and O–H groups in total. The summed E-state index contributed by atoms with van der Waals surface area (Å²) in [4.78, 5) is 1.98. The molecule has 0 aliphatic rings. The van der Waals surface area contributed by atoms with E-state index in [2.05, 4.69) is 26.1 Å². The fraction of sp³-hybridized carbons (Fsp3) is 0.600. The van der Waals surface area contributed by atoms with Crippen LogP contribution in [0.4, 0.5) is 10.1 Å². The maximum absolute atomic E-state index is 14.0. The summed E-state index contributed by atoms with van der Waals surface area (Å²) in [7, 11) is 1.94. The zero-order chi connectivity index (χ0) is 13.8. The lowest BCUT2D eigenvalue weighted by molar-refractivity contribution is 0.417. The Kier molecular flexibility index (Phi) is 5.15. The molecule has 0 radical (unpaired) electrons. The van der Waals surface area contributed by atoms with E-state index in [1.807, 2.05) is 31.0 Å². The van der Waals surface area contributed by atoms with Gasteiger partial charge in [0.25, 0.3) is 0 Å². The van der Waals surface area contributed by atoms with Crippen LogP contribution in [-0.2, 0) is 6.54 Å². The van der Waals surface area contributed by atoms with Gasteiger partial charge in [-0.2, -0.15) is 0 Å². The first-order chi connectivity index (χ1) is 8.33. The van der Waals surface area contributed by atoms with Crippen molar-refractivity contribution in [2.75, 3.05) is 25.0 Å². The van der Waals surface area contributed by atoms with Gasteiger partial charge in [-0.1, -0.05) is 33.8 Å². The highest BCUT2D eigenvalue weighted by molar-refractivity contribution is 5.48. The van der Waals surface area contributed by atoms with Crippen LogP contribution in [0.15, 0.2) is 18.2 Å². The Morgan fingerprint density at radius 3 is 2.44 bits per heavy atom. The summed E-state index contributed by atoms with van der Waals surface area (Å²) < 4.78 is 14.0. The van der Waals surface area contributed by atoms with Gasteiger partial charge in [0, 0.05) is 20.1 Å². The highest BCUT2D eigenvalue weighted by Crippen LogP contribution is 2.23. The molecule has 0 amide bonds. The van der Waals surface area contributed by atoms with Crippen molar-refractivity contribution in [3.63, 3.8) is 0 Å².